The summed E-state index contributed by atoms with van der Waals surface area (Å²) >= 11 is 0. The van der Waals surface area contributed by atoms with Crippen molar-refractivity contribution in [1.29, 1.82) is 0 Å². The second-order valence-corrected chi connectivity index (χ2v) is 5.04. The molecule has 0 radical (unpaired) electrons. The van der Waals surface area contributed by atoms with Crippen LogP contribution in [0.4, 0.5) is 5.95 Å². The number of rotatable bonds is 6. The Morgan fingerprint density at radius 3 is 2.17 bits per heavy atom. The molecular formula is C18H18N6. The van der Waals surface area contributed by atoms with Crippen molar-refractivity contribution < 1.29 is 0 Å². The Morgan fingerprint density at radius 1 is 0.917 bits per heavy atom. The molecule has 0 saturated carbocycles. The topological polar surface area (TPSA) is 67.5 Å². The molecule has 0 saturated heterocycles. The van der Waals surface area contributed by atoms with Crippen molar-refractivity contribution in [2.75, 3.05) is 5.43 Å². The molecule has 0 amide bonds. The second kappa shape index (κ2) is 7.82. The summed E-state index contributed by atoms with van der Waals surface area (Å²) in [5.74, 6) is 1.24. The third-order valence-electron chi connectivity index (χ3n) is 3.32. The minimum absolute atomic E-state index is 0.478. The molecule has 0 atom stereocenters. The van der Waals surface area contributed by atoms with E-state index < -0.39 is 0 Å². The van der Waals surface area contributed by atoms with Crippen molar-refractivity contribution in [3.63, 3.8) is 0 Å². The maximum atomic E-state index is 4.46. The summed E-state index contributed by atoms with van der Waals surface area (Å²) in [6.07, 6.45) is 4.23. The van der Waals surface area contributed by atoms with Gasteiger partial charge in [0.1, 0.15) is 0 Å². The molecule has 6 nitrogen and oxygen atoms in total. The first-order valence-electron chi connectivity index (χ1n) is 7.74. The summed E-state index contributed by atoms with van der Waals surface area (Å²) in [5.41, 5.74) is 4.90. The molecule has 0 fully saturated rings. The fourth-order valence-corrected chi connectivity index (χ4v) is 2.09. The Morgan fingerprint density at radius 2 is 1.54 bits per heavy atom. The van der Waals surface area contributed by atoms with Gasteiger partial charge in [-0.15, -0.1) is 10.2 Å². The molecule has 3 rings (SSSR count). The predicted octanol–water partition coefficient (Wildman–Crippen LogP) is 3.17. The zero-order valence-electron chi connectivity index (χ0n) is 13.4. The summed E-state index contributed by atoms with van der Waals surface area (Å²) < 4.78 is 1.66. The minimum Gasteiger partial charge on any atom is -0.244 e. The first-order valence-corrected chi connectivity index (χ1v) is 7.74. The van der Waals surface area contributed by atoms with E-state index in [4.69, 9.17) is 0 Å². The van der Waals surface area contributed by atoms with E-state index in [1.54, 1.807) is 17.1 Å². The Labute approximate surface area is 140 Å². The van der Waals surface area contributed by atoms with Gasteiger partial charge in [0.05, 0.1) is 12.4 Å². The number of hydrogen-bond donors (Lipinski definition) is 1. The first-order chi connectivity index (χ1) is 11.9. The molecule has 0 unspecified atom stereocenters. The van der Waals surface area contributed by atoms with Gasteiger partial charge in [0, 0.05) is 6.42 Å². The molecular weight excluding hydrogens is 300 g/mol. The van der Waals surface area contributed by atoms with Crippen molar-refractivity contribution in [2.24, 2.45) is 10.2 Å². The minimum atomic E-state index is 0.478. The lowest BCUT2D eigenvalue weighted by atomic mass is 10.2. The van der Waals surface area contributed by atoms with Gasteiger partial charge in [0.2, 0.25) is 0 Å². The summed E-state index contributed by atoms with van der Waals surface area (Å²) in [5, 5.41) is 16.9. The molecule has 0 aliphatic heterocycles. The Kier molecular flexibility index (Phi) is 5.09. The second-order valence-electron chi connectivity index (χ2n) is 5.04. The van der Waals surface area contributed by atoms with Crippen LogP contribution in [-0.2, 0) is 6.42 Å². The van der Waals surface area contributed by atoms with E-state index in [1.807, 2.05) is 67.6 Å². The number of hydrazone groups is 1. The van der Waals surface area contributed by atoms with Crippen LogP contribution >= 0.6 is 0 Å². The van der Waals surface area contributed by atoms with E-state index in [-0.39, 0.29) is 0 Å². The molecule has 0 aliphatic rings. The van der Waals surface area contributed by atoms with Crippen molar-refractivity contribution in [2.45, 2.75) is 13.3 Å². The monoisotopic (exact) mass is 318 g/mol. The summed E-state index contributed by atoms with van der Waals surface area (Å²) in [7, 11) is 0. The van der Waals surface area contributed by atoms with Crippen LogP contribution in [0.2, 0.25) is 0 Å². The van der Waals surface area contributed by atoms with E-state index in [9.17, 15) is 0 Å². The highest BCUT2D eigenvalue weighted by atomic mass is 15.5. The van der Waals surface area contributed by atoms with Crippen LogP contribution in [0.3, 0.4) is 0 Å². The Bertz CT molecular complexity index is 821. The molecule has 2 aromatic carbocycles. The molecule has 0 spiro atoms. The zero-order valence-corrected chi connectivity index (χ0v) is 13.4. The molecule has 120 valence electrons. The highest BCUT2D eigenvalue weighted by Gasteiger charge is 2.08. The summed E-state index contributed by atoms with van der Waals surface area (Å²) in [6.45, 7) is 2.01. The zero-order chi connectivity index (χ0) is 16.6. The fourth-order valence-electron chi connectivity index (χ4n) is 2.09. The first kappa shape index (κ1) is 15.6. The smallest absolute Gasteiger partial charge is 0.244 e. The predicted molar refractivity (Wildman–Crippen MR) is 96.5 cm³/mol. The summed E-state index contributed by atoms with van der Waals surface area (Å²) in [4.78, 5) is 0. The van der Waals surface area contributed by atoms with Crippen LogP contribution in [0.25, 0.3) is 0 Å². The van der Waals surface area contributed by atoms with Gasteiger partial charge in [-0.1, -0.05) is 67.6 Å². The third-order valence-corrected chi connectivity index (χ3v) is 3.32. The van der Waals surface area contributed by atoms with Crippen LogP contribution in [0.15, 0.2) is 70.9 Å². The highest BCUT2D eigenvalue weighted by Crippen LogP contribution is 2.09. The van der Waals surface area contributed by atoms with Gasteiger partial charge in [-0.05, 0) is 11.1 Å². The van der Waals surface area contributed by atoms with E-state index in [0.717, 1.165) is 23.4 Å². The number of anilines is 1. The molecule has 1 heterocycles. The standard InChI is InChI=1S/C18H18N6/c1-2-17-21-23-18(22-19-13-15-9-5-3-6-10-15)24(17)20-14-16-11-7-4-8-12-16/h3-14H,2H2,1H3,(H,22,23)/b19-13+,20-14+. The van der Waals surface area contributed by atoms with Gasteiger partial charge in [-0.25, -0.2) is 5.43 Å². The highest BCUT2D eigenvalue weighted by molar-refractivity contribution is 5.80. The number of aromatic nitrogens is 3. The fraction of sp³-hybridized carbons (Fsp3) is 0.111. The van der Waals surface area contributed by atoms with E-state index in [0.29, 0.717) is 5.95 Å². The molecule has 24 heavy (non-hydrogen) atoms. The SMILES string of the molecule is CCc1nnc(N/N=C/c2ccccc2)n1/N=C/c1ccccc1. The Balaban J connectivity index is 1.78. The van der Waals surface area contributed by atoms with Crippen molar-refractivity contribution in [1.82, 2.24) is 14.9 Å². The van der Waals surface area contributed by atoms with E-state index in [2.05, 4.69) is 25.8 Å². The Hall–Kier alpha value is -3.28. The molecule has 3 aromatic rings. The number of aryl methyl sites for hydroxylation is 1. The van der Waals surface area contributed by atoms with E-state index in [1.165, 1.54) is 0 Å². The molecule has 1 aromatic heterocycles. The molecule has 0 bridgehead atoms. The van der Waals surface area contributed by atoms with Crippen molar-refractivity contribution in [3.8, 4) is 0 Å². The van der Waals surface area contributed by atoms with E-state index >= 15 is 0 Å². The molecule has 6 heteroatoms. The van der Waals surface area contributed by atoms with Crippen LogP contribution in [-0.4, -0.2) is 27.3 Å². The number of nitrogens with one attached hydrogen (secondary N) is 1. The quantitative estimate of drug-likeness (QED) is 0.561. The maximum absolute atomic E-state index is 4.46. The third kappa shape index (κ3) is 3.92. The van der Waals surface area contributed by atoms with Gasteiger partial charge >= 0.3 is 0 Å². The average molecular weight is 318 g/mol. The van der Waals surface area contributed by atoms with Gasteiger partial charge in [0.25, 0.3) is 5.95 Å². The van der Waals surface area contributed by atoms with Gasteiger partial charge in [-0.3, -0.25) is 0 Å². The van der Waals surface area contributed by atoms with Crippen LogP contribution < -0.4 is 5.43 Å². The average Bonchev–Trinajstić information content (AvgIpc) is 3.04. The summed E-state index contributed by atoms with van der Waals surface area (Å²) in [6, 6.07) is 19.7. The maximum Gasteiger partial charge on any atom is 0.266 e. The van der Waals surface area contributed by atoms with Crippen LogP contribution in [0.1, 0.15) is 23.9 Å². The number of nitrogens with zero attached hydrogens (tertiary/aromatic N) is 5. The van der Waals surface area contributed by atoms with Gasteiger partial charge in [-0.2, -0.15) is 14.9 Å². The lowest BCUT2D eigenvalue weighted by Gasteiger charge is -2.02. The number of hydrogen-bond acceptors (Lipinski definition) is 5. The van der Waals surface area contributed by atoms with Crippen molar-refractivity contribution >= 4 is 18.4 Å². The van der Waals surface area contributed by atoms with Crippen LogP contribution in [0, 0.1) is 0 Å². The molecule has 1 N–H and O–H groups in total. The van der Waals surface area contributed by atoms with Crippen LogP contribution in [0.5, 0.6) is 0 Å². The number of benzene rings is 2. The largest absolute Gasteiger partial charge is 0.266 e. The lowest BCUT2D eigenvalue weighted by molar-refractivity contribution is 0.790. The van der Waals surface area contributed by atoms with Gasteiger partial charge in [0.15, 0.2) is 5.82 Å². The van der Waals surface area contributed by atoms with Gasteiger partial charge < -0.3 is 0 Å². The normalized spacial score (nSPS) is 11.4. The molecule has 0 aliphatic carbocycles. The van der Waals surface area contributed by atoms with Crippen molar-refractivity contribution in [3.05, 3.63) is 77.6 Å². The lowest BCUT2D eigenvalue weighted by Crippen LogP contribution is -2.02.